The number of aryl methyl sites for hydroxylation is 1. The van der Waals surface area contributed by atoms with E-state index >= 15 is 0 Å². The molecule has 0 radical (unpaired) electrons. The number of rotatable bonds is 3. The monoisotopic (exact) mass is 470 g/mol. The van der Waals surface area contributed by atoms with Crippen molar-refractivity contribution < 1.29 is 18.0 Å². The molecule has 4 aromatic rings. The first-order chi connectivity index (χ1) is 15.8. The van der Waals surface area contributed by atoms with E-state index in [0.717, 1.165) is 11.5 Å². The summed E-state index contributed by atoms with van der Waals surface area (Å²) in [4.78, 5) is 27.2. The standard InChI is InChI=1S/C22H17F3N6OS/c1-11-18-17(15-7-8-26-19(25)16(15)24)28-20(21-27-12(2)29-33-21)31(18)10-9-30(11)22(32)13-3-5-14(23)6-4-13/h3-8,11H,9-10H2,1-2H3. The minimum Gasteiger partial charge on any atom is -0.329 e. The Bertz CT molecular complexity index is 1370. The first-order valence-corrected chi connectivity index (χ1v) is 10.9. The first-order valence-electron chi connectivity index (χ1n) is 10.1. The van der Waals surface area contributed by atoms with Crippen LogP contribution in [-0.2, 0) is 6.54 Å². The highest BCUT2D eigenvalue weighted by Gasteiger charge is 2.35. The summed E-state index contributed by atoms with van der Waals surface area (Å²) in [6.45, 7) is 4.26. The molecule has 1 unspecified atom stereocenters. The normalized spacial score (nSPS) is 15.5. The molecule has 0 N–H and O–H groups in total. The number of hydrogen-bond acceptors (Lipinski definition) is 6. The highest BCUT2D eigenvalue weighted by molar-refractivity contribution is 7.09. The van der Waals surface area contributed by atoms with Gasteiger partial charge in [0.2, 0.25) is 5.95 Å². The van der Waals surface area contributed by atoms with Crippen molar-refractivity contribution >= 4 is 17.4 Å². The smallest absolute Gasteiger partial charge is 0.254 e. The number of halogens is 3. The van der Waals surface area contributed by atoms with Crippen molar-refractivity contribution in [2.45, 2.75) is 26.4 Å². The molecule has 168 valence electrons. The molecule has 11 heteroatoms. The molecule has 0 spiro atoms. The lowest BCUT2D eigenvalue weighted by molar-refractivity contribution is 0.0645. The lowest BCUT2D eigenvalue weighted by Crippen LogP contribution is -2.41. The third kappa shape index (κ3) is 3.58. The molecule has 1 aliphatic rings. The van der Waals surface area contributed by atoms with Crippen molar-refractivity contribution in [2.24, 2.45) is 0 Å². The molecule has 3 aromatic heterocycles. The van der Waals surface area contributed by atoms with Crippen LogP contribution in [0.1, 0.15) is 34.8 Å². The van der Waals surface area contributed by atoms with Gasteiger partial charge in [0, 0.05) is 30.4 Å². The number of hydrogen-bond donors (Lipinski definition) is 0. The second-order valence-electron chi connectivity index (χ2n) is 7.61. The van der Waals surface area contributed by atoms with Crippen LogP contribution in [-0.4, -0.2) is 41.2 Å². The largest absolute Gasteiger partial charge is 0.329 e. The molecule has 7 nitrogen and oxygen atoms in total. The van der Waals surface area contributed by atoms with Crippen molar-refractivity contribution in [1.82, 2.24) is 28.8 Å². The molecule has 0 bridgehead atoms. The SMILES string of the molecule is Cc1nsc(-c2nc(-c3ccnc(F)c3F)c3n2CCN(C(=O)c2ccc(F)cc2)C3C)n1. The predicted octanol–water partition coefficient (Wildman–Crippen LogP) is 4.41. The van der Waals surface area contributed by atoms with E-state index in [0.29, 0.717) is 41.0 Å². The Hall–Kier alpha value is -3.60. The van der Waals surface area contributed by atoms with Gasteiger partial charge in [0.25, 0.3) is 5.91 Å². The maximum absolute atomic E-state index is 14.7. The Labute approximate surface area is 190 Å². The summed E-state index contributed by atoms with van der Waals surface area (Å²) in [7, 11) is 0. The Kier molecular flexibility index (Phi) is 5.20. The summed E-state index contributed by atoms with van der Waals surface area (Å²) in [6, 6.07) is 6.11. The number of benzene rings is 1. The van der Waals surface area contributed by atoms with E-state index in [1.54, 1.807) is 18.7 Å². The molecule has 1 aliphatic heterocycles. The summed E-state index contributed by atoms with van der Waals surface area (Å²) >= 11 is 1.16. The fourth-order valence-electron chi connectivity index (χ4n) is 4.05. The van der Waals surface area contributed by atoms with Gasteiger partial charge >= 0.3 is 0 Å². The highest BCUT2D eigenvalue weighted by Crippen LogP contribution is 2.39. The van der Waals surface area contributed by atoms with E-state index in [1.165, 1.54) is 36.5 Å². The van der Waals surface area contributed by atoms with E-state index in [2.05, 4.69) is 19.3 Å². The van der Waals surface area contributed by atoms with Gasteiger partial charge in [0.05, 0.1) is 17.4 Å². The maximum atomic E-state index is 14.7. The van der Waals surface area contributed by atoms with Crippen molar-refractivity contribution in [2.75, 3.05) is 6.54 Å². The highest BCUT2D eigenvalue weighted by atomic mass is 32.1. The quantitative estimate of drug-likeness (QED) is 0.415. The molecule has 1 atom stereocenters. The number of nitrogens with zero attached hydrogens (tertiary/aromatic N) is 6. The fourth-order valence-corrected chi connectivity index (χ4v) is 4.72. The van der Waals surface area contributed by atoms with Gasteiger partial charge < -0.3 is 9.47 Å². The second-order valence-corrected chi connectivity index (χ2v) is 8.36. The summed E-state index contributed by atoms with van der Waals surface area (Å²) in [6.07, 6.45) is 1.17. The molecule has 0 saturated carbocycles. The number of aromatic nitrogens is 5. The number of carbonyl (C=O) groups excluding carboxylic acids is 1. The minimum atomic E-state index is -1.23. The maximum Gasteiger partial charge on any atom is 0.254 e. The third-order valence-corrected chi connectivity index (χ3v) is 6.41. The van der Waals surface area contributed by atoms with Crippen molar-refractivity contribution in [3.8, 4) is 22.1 Å². The van der Waals surface area contributed by atoms with Crippen LogP contribution in [0.15, 0.2) is 36.5 Å². The first kappa shape index (κ1) is 21.3. The summed E-state index contributed by atoms with van der Waals surface area (Å²) < 4.78 is 48.1. The number of fused-ring (bicyclic) bond motifs is 1. The van der Waals surface area contributed by atoms with Gasteiger partial charge in [-0.05, 0) is 55.7 Å². The van der Waals surface area contributed by atoms with Gasteiger partial charge in [-0.1, -0.05) is 0 Å². The van der Waals surface area contributed by atoms with Crippen LogP contribution in [0.25, 0.3) is 22.1 Å². The van der Waals surface area contributed by atoms with E-state index in [9.17, 15) is 18.0 Å². The molecule has 0 aliphatic carbocycles. The number of carbonyl (C=O) groups is 1. The van der Waals surface area contributed by atoms with Gasteiger partial charge in [-0.2, -0.15) is 8.76 Å². The zero-order valence-electron chi connectivity index (χ0n) is 17.6. The Morgan fingerprint density at radius 2 is 1.85 bits per heavy atom. The third-order valence-electron chi connectivity index (χ3n) is 5.61. The molecule has 5 rings (SSSR count). The topological polar surface area (TPSA) is 76.8 Å². The second kappa shape index (κ2) is 8.07. The molecule has 0 fully saturated rings. The molecule has 1 amide bonds. The summed E-state index contributed by atoms with van der Waals surface area (Å²) in [5, 5.41) is 0.542. The molecule has 4 heterocycles. The summed E-state index contributed by atoms with van der Waals surface area (Å²) in [5.41, 5.74) is 1.03. The number of imidazole rings is 1. The number of amides is 1. The minimum absolute atomic E-state index is 0.0540. The van der Waals surface area contributed by atoms with E-state index in [-0.39, 0.29) is 17.2 Å². The van der Waals surface area contributed by atoms with Crippen LogP contribution in [0.5, 0.6) is 0 Å². The molecule has 33 heavy (non-hydrogen) atoms. The Morgan fingerprint density at radius 1 is 1.09 bits per heavy atom. The van der Waals surface area contributed by atoms with Gasteiger partial charge in [-0.15, -0.1) is 0 Å². The molecular weight excluding hydrogens is 453 g/mol. The van der Waals surface area contributed by atoms with Gasteiger partial charge in [-0.3, -0.25) is 4.79 Å². The van der Waals surface area contributed by atoms with Gasteiger partial charge in [-0.25, -0.2) is 23.7 Å². The van der Waals surface area contributed by atoms with Gasteiger partial charge in [0.15, 0.2) is 16.6 Å². The van der Waals surface area contributed by atoms with Crippen LogP contribution < -0.4 is 0 Å². The van der Waals surface area contributed by atoms with Crippen molar-refractivity contribution in [3.05, 3.63) is 71.2 Å². The number of pyridine rings is 1. The molecule has 1 aromatic carbocycles. The van der Waals surface area contributed by atoms with Crippen LogP contribution in [0, 0.1) is 24.5 Å². The fraction of sp³-hybridized carbons (Fsp3) is 0.227. The average molecular weight is 470 g/mol. The average Bonchev–Trinajstić information content (AvgIpc) is 3.40. The molecule has 0 saturated heterocycles. The molecular formula is C22H17F3N6OS. The van der Waals surface area contributed by atoms with Crippen LogP contribution in [0.3, 0.4) is 0 Å². The van der Waals surface area contributed by atoms with E-state index in [4.69, 9.17) is 0 Å². The Balaban J connectivity index is 1.65. The van der Waals surface area contributed by atoms with E-state index < -0.39 is 23.6 Å². The lowest BCUT2D eigenvalue weighted by atomic mass is 10.0. The van der Waals surface area contributed by atoms with Gasteiger partial charge in [0.1, 0.15) is 11.6 Å². The van der Waals surface area contributed by atoms with Crippen LogP contribution in [0.4, 0.5) is 13.2 Å². The van der Waals surface area contributed by atoms with Crippen LogP contribution >= 0.6 is 11.5 Å². The lowest BCUT2D eigenvalue weighted by Gasteiger charge is -2.35. The zero-order valence-corrected chi connectivity index (χ0v) is 18.4. The van der Waals surface area contributed by atoms with E-state index in [1.807, 2.05) is 4.57 Å². The predicted molar refractivity (Wildman–Crippen MR) is 115 cm³/mol. The zero-order chi connectivity index (χ0) is 23.3. The van der Waals surface area contributed by atoms with Crippen molar-refractivity contribution in [3.63, 3.8) is 0 Å². The van der Waals surface area contributed by atoms with Crippen LogP contribution in [0.2, 0.25) is 0 Å². The summed E-state index contributed by atoms with van der Waals surface area (Å²) in [5.74, 6) is -2.03. The Morgan fingerprint density at radius 3 is 2.55 bits per heavy atom. The van der Waals surface area contributed by atoms with Crippen molar-refractivity contribution in [1.29, 1.82) is 0 Å².